The molecule has 0 aliphatic carbocycles. The smallest absolute Gasteiger partial charge is 0.336 e. The molecule has 11 nitrogen and oxygen atoms in total. The molecule has 0 aliphatic rings. The summed E-state index contributed by atoms with van der Waals surface area (Å²) in [5.74, 6) is 0.198. The molecule has 0 bridgehead atoms. The van der Waals surface area contributed by atoms with Crippen molar-refractivity contribution in [2.24, 2.45) is 5.73 Å². The molecule has 14 heteroatoms. The summed E-state index contributed by atoms with van der Waals surface area (Å²) in [7, 11) is 0. The Morgan fingerprint density at radius 1 is 0.902 bits per heavy atom. The molecule has 6 aromatic rings. The third-order valence-electron chi connectivity index (χ3n) is 6.51. The van der Waals surface area contributed by atoms with Crippen LogP contribution in [0.1, 0.15) is 22.3 Å². The third kappa shape index (κ3) is 4.77. The molecule has 0 amide bonds. The second-order valence-corrected chi connectivity index (χ2v) is 11.2. The molecule has 0 radical (unpaired) electrons. The quantitative estimate of drug-likeness (QED) is 0.187. The third-order valence-corrected chi connectivity index (χ3v) is 7.85. The van der Waals surface area contributed by atoms with Crippen molar-refractivity contribution in [2.45, 2.75) is 27.7 Å². The van der Waals surface area contributed by atoms with E-state index in [1.807, 2.05) is 27.7 Å². The highest BCUT2D eigenvalue weighted by molar-refractivity contribution is 7.80. The van der Waals surface area contributed by atoms with Crippen LogP contribution in [0.25, 0.3) is 32.2 Å². The van der Waals surface area contributed by atoms with Crippen LogP contribution in [0.5, 0.6) is 0 Å². The number of aromatic nitrogens is 4. The number of aryl methyl sites for hydroxylation is 4. The molecular formula is C27H20ClN7O4S2. The Morgan fingerprint density at radius 2 is 1.59 bits per heavy atom. The van der Waals surface area contributed by atoms with Crippen LogP contribution in [0.3, 0.4) is 0 Å². The number of nitrogens with two attached hydrogens (primary N) is 1. The zero-order valence-corrected chi connectivity index (χ0v) is 24.4. The fraction of sp³-hybridized carbons (Fsp3) is 0.148. The Hall–Kier alpha value is -4.46. The first-order valence-corrected chi connectivity index (χ1v) is 13.8. The maximum atomic E-state index is 11.9. The van der Waals surface area contributed by atoms with Gasteiger partial charge in [0.1, 0.15) is 11.2 Å². The van der Waals surface area contributed by atoms with Gasteiger partial charge in [-0.3, -0.25) is 10.2 Å². The van der Waals surface area contributed by atoms with Gasteiger partial charge >= 0.3 is 11.3 Å². The number of nitrogens with zero attached hydrogens (tertiary/aromatic N) is 5. The van der Waals surface area contributed by atoms with Gasteiger partial charge in [-0.25, -0.2) is 14.6 Å². The van der Waals surface area contributed by atoms with Crippen LogP contribution in [0.15, 0.2) is 48.8 Å². The van der Waals surface area contributed by atoms with E-state index in [1.165, 1.54) is 28.4 Å². The van der Waals surface area contributed by atoms with Crippen molar-refractivity contribution in [1.29, 1.82) is 0 Å². The van der Waals surface area contributed by atoms with Gasteiger partial charge in [-0.15, -0.1) is 0 Å². The van der Waals surface area contributed by atoms with Crippen molar-refractivity contribution in [3.8, 4) is 0 Å². The number of halogens is 1. The second kappa shape index (κ2) is 9.87. The van der Waals surface area contributed by atoms with Crippen molar-refractivity contribution >= 4 is 95.1 Å². The molecule has 0 aliphatic heterocycles. The van der Waals surface area contributed by atoms with Crippen molar-refractivity contribution < 1.29 is 8.83 Å². The zero-order chi connectivity index (χ0) is 29.2. The molecule has 0 saturated carbocycles. The molecule has 206 valence electrons. The lowest BCUT2D eigenvalue weighted by molar-refractivity contribution is 0.559. The zero-order valence-electron chi connectivity index (χ0n) is 22.0. The maximum Gasteiger partial charge on any atom is 0.336 e. The van der Waals surface area contributed by atoms with Crippen LogP contribution in [-0.4, -0.2) is 25.0 Å². The van der Waals surface area contributed by atoms with Gasteiger partial charge < -0.3 is 14.6 Å². The summed E-state index contributed by atoms with van der Waals surface area (Å²) in [6.07, 6.45) is 0. The van der Waals surface area contributed by atoms with Crippen LogP contribution >= 0.6 is 35.2 Å². The highest BCUT2D eigenvalue weighted by Gasteiger charge is 2.22. The normalized spacial score (nSPS) is 11.4. The number of anilines is 4. The van der Waals surface area contributed by atoms with Crippen LogP contribution in [0, 0.1) is 27.7 Å². The van der Waals surface area contributed by atoms with Gasteiger partial charge in [-0.1, -0.05) is 11.3 Å². The summed E-state index contributed by atoms with van der Waals surface area (Å²) >= 11 is 13.1. The fourth-order valence-corrected chi connectivity index (χ4v) is 6.19. The van der Waals surface area contributed by atoms with E-state index in [4.69, 9.17) is 43.4 Å². The molecule has 6 rings (SSSR count). The summed E-state index contributed by atoms with van der Waals surface area (Å²) in [6.45, 7) is 7.38. The van der Waals surface area contributed by atoms with E-state index < -0.39 is 11.3 Å². The summed E-state index contributed by atoms with van der Waals surface area (Å²) in [4.78, 5) is 43.0. The van der Waals surface area contributed by atoms with Gasteiger partial charge in [0.2, 0.25) is 17.2 Å². The first-order valence-electron chi connectivity index (χ1n) is 12.2. The number of hydrogen-bond donors (Lipinski definition) is 2. The lowest BCUT2D eigenvalue weighted by atomic mass is 10.1. The molecule has 0 unspecified atom stereocenters. The maximum absolute atomic E-state index is 11.9. The average molecular weight is 606 g/mol. The van der Waals surface area contributed by atoms with E-state index in [9.17, 15) is 9.59 Å². The van der Waals surface area contributed by atoms with E-state index in [0.29, 0.717) is 32.9 Å². The van der Waals surface area contributed by atoms with E-state index in [-0.39, 0.29) is 22.3 Å². The van der Waals surface area contributed by atoms with Crippen molar-refractivity contribution in [3.63, 3.8) is 0 Å². The molecule has 0 saturated heterocycles. The van der Waals surface area contributed by atoms with Gasteiger partial charge in [0.15, 0.2) is 10.2 Å². The van der Waals surface area contributed by atoms with E-state index in [1.54, 1.807) is 18.2 Å². The topological polar surface area (TPSA) is 153 Å². The standard InChI is InChI=1S/C27H20ClN7O4S2/c1-10-7-18(36)38-16-5-11(2)15(9-14(10)16)35(24(29)40)26-32-23(28)31-25(33-26)34-27-30-21-13(4)6-17-20(22(21)41-27)12(3)8-19(37)39-17/h5-9H,1-4H3,(H2,29,40)(H,30,31,32,33,34). The Morgan fingerprint density at radius 3 is 2.32 bits per heavy atom. The molecule has 4 aromatic heterocycles. The lowest BCUT2D eigenvalue weighted by Gasteiger charge is -2.23. The predicted octanol–water partition coefficient (Wildman–Crippen LogP) is 5.71. The number of fused-ring (bicyclic) bond motifs is 4. The summed E-state index contributed by atoms with van der Waals surface area (Å²) in [6, 6.07) is 8.19. The fourth-order valence-electron chi connectivity index (χ4n) is 4.71. The average Bonchev–Trinajstić information content (AvgIpc) is 3.27. The SMILES string of the molecule is Cc1cc2oc(=O)cc(C)c2cc1N(C(N)=S)c1nc(Cl)nc(Nc2nc3c(C)cc4oc(=O)cc(C)c4c3s2)n1. The highest BCUT2D eigenvalue weighted by Crippen LogP contribution is 2.37. The van der Waals surface area contributed by atoms with Gasteiger partial charge in [-0.05, 0) is 92.0 Å². The molecule has 41 heavy (non-hydrogen) atoms. The van der Waals surface area contributed by atoms with E-state index in [0.717, 1.165) is 32.3 Å². The molecule has 3 N–H and O–H groups in total. The molecular weight excluding hydrogens is 586 g/mol. The van der Waals surface area contributed by atoms with Gasteiger partial charge in [0.25, 0.3) is 0 Å². The molecule has 0 fully saturated rings. The summed E-state index contributed by atoms with van der Waals surface area (Å²) in [5, 5.41) is 4.98. The van der Waals surface area contributed by atoms with E-state index >= 15 is 0 Å². The van der Waals surface area contributed by atoms with Crippen LogP contribution in [0.2, 0.25) is 5.28 Å². The molecule has 2 aromatic carbocycles. The van der Waals surface area contributed by atoms with Crippen molar-refractivity contribution in [1.82, 2.24) is 19.9 Å². The predicted molar refractivity (Wildman–Crippen MR) is 164 cm³/mol. The Labute approximate surface area is 245 Å². The number of thiocarbonyl (C=S) groups is 1. The minimum atomic E-state index is -0.439. The molecule has 0 atom stereocenters. The molecule has 4 heterocycles. The largest absolute Gasteiger partial charge is 0.423 e. The van der Waals surface area contributed by atoms with Gasteiger partial charge in [0.05, 0.1) is 15.9 Å². The second-order valence-electron chi connectivity index (χ2n) is 9.42. The van der Waals surface area contributed by atoms with Crippen LogP contribution in [0.4, 0.5) is 22.7 Å². The summed E-state index contributed by atoms with van der Waals surface area (Å²) < 4.78 is 11.6. The van der Waals surface area contributed by atoms with E-state index in [2.05, 4.69) is 20.3 Å². The first kappa shape index (κ1) is 26.7. The monoisotopic (exact) mass is 605 g/mol. The number of benzene rings is 2. The highest BCUT2D eigenvalue weighted by atomic mass is 35.5. The first-order chi connectivity index (χ1) is 19.5. The Kier molecular flexibility index (Phi) is 6.44. The number of hydrogen-bond acceptors (Lipinski definition) is 11. The van der Waals surface area contributed by atoms with Crippen LogP contribution in [-0.2, 0) is 0 Å². The number of nitrogens with one attached hydrogen (secondary N) is 1. The van der Waals surface area contributed by atoms with Gasteiger partial charge in [-0.2, -0.15) is 15.0 Å². The van der Waals surface area contributed by atoms with Gasteiger partial charge in [0, 0.05) is 22.9 Å². The molecule has 0 spiro atoms. The Bertz CT molecular complexity index is 2190. The Balaban J connectivity index is 1.45. The van der Waals surface area contributed by atoms with Crippen molar-refractivity contribution in [2.75, 3.05) is 10.2 Å². The number of thiazole rings is 1. The van der Waals surface area contributed by atoms with Crippen molar-refractivity contribution in [3.05, 3.63) is 78.7 Å². The minimum absolute atomic E-state index is 0.0326. The lowest BCUT2D eigenvalue weighted by Crippen LogP contribution is -2.33. The number of rotatable bonds is 4. The van der Waals surface area contributed by atoms with Crippen LogP contribution < -0.4 is 27.2 Å². The minimum Gasteiger partial charge on any atom is -0.423 e. The summed E-state index contributed by atoms with van der Waals surface area (Å²) in [5.41, 5.74) is 10.6.